The minimum Gasteiger partial charge on any atom is -0.461 e. The molecule has 1 aliphatic rings. The summed E-state index contributed by atoms with van der Waals surface area (Å²) in [5, 5.41) is 0.476. The van der Waals surface area contributed by atoms with Crippen molar-refractivity contribution < 1.29 is 19.0 Å². The molecule has 0 radical (unpaired) electrons. The smallest absolute Gasteiger partial charge is 0.306 e. The fourth-order valence-corrected chi connectivity index (χ4v) is 1.95. The monoisotopic (exact) mass is 270 g/mol. The highest BCUT2D eigenvalue weighted by Gasteiger charge is 2.18. The number of halogens is 1. The third-order valence-corrected chi connectivity index (χ3v) is 2.90. The van der Waals surface area contributed by atoms with Crippen LogP contribution in [-0.4, -0.2) is 12.8 Å². The molecule has 0 bridgehead atoms. The molecule has 0 unspecified atom stereocenters. The first kappa shape index (κ1) is 13.0. The number of benzene rings is 1. The Bertz CT molecular complexity index is 445. The maximum Gasteiger partial charge on any atom is 0.306 e. The molecule has 98 valence electrons. The lowest BCUT2D eigenvalue weighted by atomic mass is 10.2. The number of carbonyl (C=O) groups is 1. The van der Waals surface area contributed by atoms with E-state index in [1.54, 1.807) is 12.1 Å². The van der Waals surface area contributed by atoms with E-state index in [-0.39, 0.29) is 19.4 Å². The highest BCUT2D eigenvalue weighted by Crippen LogP contribution is 2.39. The lowest BCUT2D eigenvalue weighted by molar-refractivity contribution is -0.145. The Labute approximate surface area is 111 Å². The van der Waals surface area contributed by atoms with Gasteiger partial charge in [-0.1, -0.05) is 24.9 Å². The van der Waals surface area contributed by atoms with Gasteiger partial charge in [-0.25, -0.2) is 0 Å². The molecule has 2 rings (SSSR count). The predicted octanol–water partition coefficient (Wildman–Crippen LogP) is 3.30. The Morgan fingerprint density at radius 1 is 1.44 bits per heavy atom. The number of unbranched alkanes of at least 4 members (excludes halogenated alkanes) is 1. The zero-order valence-electron chi connectivity index (χ0n) is 10.2. The molecular formula is C13H15ClO4. The summed E-state index contributed by atoms with van der Waals surface area (Å²) < 4.78 is 15.6. The van der Waals surface area contributed by atoms with Crippen LogP contribution in [0.4, 0.5) is 0 Å². The van der Waals surface area contributed by atoms with Crippen LogP contribution in [-0.2, 0) is 16.1 Å². The maximum absolute atomic E-state index is 11.4. The number of fused-ring (bicyclic) bond motifs is 1. The van der Waals surface area contributed by atoms with Crippen LogP contribution in [0.5, 0.6) is 11.5 Å². The first-order chi connectivity index (χ1) is 8.70. The van der Waals surface area contributed by atoms with E-state index in [0.29, 0.717) is 22.9 Å². The van der Waals surface area contributed by atoms with Crippen molar-refractivity contribution in [2.45, 2.75) is 32.8 Å². The van der Waals surface area contributed by atoms with Gasteiger partial charge in [0.25, 0.3) is 0 Å². The van der Waals surface area contributed by atoms with E-state index in [4.69, 9.17) is 25.8 Å². The van der Waals surface area contributed by atoms with E-state index >= 15 is 0 Å². The van der Waals surface area contributed by atoms with Gasteiger partial charge < -0.3 is 14.2 Å². The van der Waals surface area contributed by atoms with Crippen molar-refractivity contribution in [3.8, 4) is 11.5 Å². The molecule has 1 heterocycles. The molecule has 0 spiro atoms. The second-order valence-electron chi connectivity index (χ2n) is 4.08. The van der Waals surface area contributed by atoms with E-state index in [1.165, 1.54) is 0 Å². The number of ether oxygens (including phenoxy) is 3. The van der Waals surface area contributed by atoms with Crippen LogP contribution >= 0.6 is 11.6 Å². The third kappa shape index (κ3) is 3.07. The fourth-order valence-electron chi connectivity index (χ4n) is 1.66. The zero-order chi connectivity index (χ0) is 13.0. The highest BCUT2D eigenvalue weighted by molar-refractivity contribution is 6.32. The lowest BCUT2D eigenvalue weighted by Gasteiger charge is -2.06. The average molecular weight is 271 g/mol. The molecule has 0 atom stereocenters. The van der Waals surface area contributed by atoms with Crippen LogP contribution in [0.15, 0.2) is 12.1 Å². The molecule has 18 heavy (non-hydrogen) atoms. The molecule has 0 saturated heterocycles. The normalized spacial score (nSPS) is 12.6. The molecule has 0 fully saturated rings. The minimum absolute atomic E-state index is 0.175. The predicted molar refractivity (Wildman–Crippen MR) is 66.9 cm³/mol. The van der Waals surface area contributed by atoms with Gasteiger partial charge in [-0.2, -0.15) is 0 Å². The molecule has 0 aromatic heterocycles. The van der Waals surface area contributed by atoms with Gasteiger partial charge in [0.2, 0.25) is 6.79 Å². The summed E-state index contributed by atoms with van der Waals surface area (Å²) in [4.78, 5) is 11.4. The molecule has 0 saturated carbocycles. The van der Waals surface area contributed by atoms with Crippen LogP contribution in [0, 0.1) is 0 Å². The van der Waals surface area contributed by atoms with Gasteiger partial charge in [0.1, 0.15) is 6.61 Å². The first-order valence-corrected chi connectivity index (χ1v) is 6.32. The topological polar surface area (TPSA) is 44.8 Å². The van der Waals surface area contributed by atoms with Crippen molar-refractivity contribution in [3.63, 3.8) is 0 Å². The van der Waals surface area contributed by atoms with E-state index in [9.17, 15) is 4.79 Å². The Morgan fingerprint density at radius 2 is 2.28 bits per heavy atom. The highest BCUT2D eigenvalue weighted by atomic mass is 35.5. The van der Waals surface area contributed by atoms with Crippen molar-refractivity contribution in [2.24, 2.45) is 0 Å². The number of hydrogen-bond acceptors (Lipinski definition) is 4. The Hall–Kier alpha value is -1.42. The second kappa shape index (κ2) is 5.96. The molecule has 1 aromatic carbocycles. The largest absolute Gasteiger partial charge is 0.461 e. The Kier molecular flexibility index (Phi) is 4.31. The molecule has 1 aliphatic heterocycles. The molecule has 0 amide bonds. The van der Waals surface area contributed by atoms with Crippen LogP contribution in [0.2, 0.25) is 5.02 Å². The van der Waals surface area contributed by atoms with Crippen molar-refractivity contribution in [1.29, 1.82) is 0 Å². The zero-order valence-corrected chi connectivity index (χ0v) is 11.0. The van der Waals surface area contributed by atoms with Gasteiger partial charge in [0.15, 0.2) is 11.5 Å². The molecule has 4 nitrogen and oxygen atoms in total. The molecule has 1 aromatic rings. The standard InChI is InChI=1S/C13H15ClO4/c1-2-3-4-12(15)16-7-9-5-10(14)13-11(6-9)17-8-18-13/h5-6H,2-4,7-8H2,1H3. The van der Waals surface area contributed by atoms with Crippen molar-refractivity contribution in [1.82, 2.24) is 0 Å². The van der Waals surface area contributed by atoms with Gasteiger partial charge in [-0.3, -0.25) is 4.79 Å². The van der Waals surface area contributed by atoms with E-state index in [2.05, 4.69) is 0 Å². The summed E-state index contributed by atoms with van der Waals surface area (Å²) >= 11 is 6.03. The van der Waals surface area contributed by atoms with Crippen LogP contribution < -0.4 is 9.47 Å². The maximum atomic E-state index is 11.4. The van der Waals surface area contributed by atoms with E-state index in [0.717, 1.165) is 18.4 Å². The molecule has 0 N–H and O–H groups in total. The molecule has 5 heteroatoms. The molecular weight excluding hydrogens is 256 g/mol. The Balaban J connectivity index is 1.94. The van der Waals surface area contributed by atoms with Crippen molar-refractivity contribution in [2.75, 3.05) is 6.79 Å². The third-order valence-electron chi connectivity index (χ3n) is 2.62. The summed E-state index contributed by atoms with van der Waals surface area (Å²) in [6.07, 6.45) is 2.28. The summed E-state index contributed by atoms with van der Waals surface area (Å²) in [7, 11) is 0. The molecule has 0 aliphatic carbocycles. The number of rotatable bonds is 5. The summed E-state index contributed by atoms with van der Waals surface area (Å²) in [5.74, 6) is 0.963. The minimum atomic E-state index is -0.189. The quantitative estimate of drug-likeness (QED) is 0.770. The lowest BCUT2D eigenvalue weighted by Crippen LogP contribution is -2.04. The van der Waals surface area contributed by atoms with Gasteiger partial charge >= 0.3 is 5.97 Å². The van der Waals surface area contributed by atoms with Crippen molar-refractivity contribution >= 4 is 17.6 Å². The average Bonchev–Trinajstić information content (AvgIpc) is 2.82. The van der Waals surface area contributed by atoms with Crippen molar-refractivity contribution in [3.05, 3.63) is 22.7 Å². The van der Waals surface area contributed by atoms with Gasteiger partial charge in [-0.05, 0) is 24.1 Å². The summed E-state index contributed by atoms with van der Waals surface area (Å²) in [5.41, 5.74) is 0.800. The van der Waals surface area contributed by atoms with Crippen LogP contribution in [0.25, 0.3) is 0 Å². The summed E-state index contributed by atoms with van der Waals surface area (Å²) in [6, 6.07) is 3.50. The second-order valence-corrected chi connectivity index (χ2v) is 4.48. The SMILES string of the molecule is CCCCC(=O)OCc1cc(Cl)c2c(c1)OCO2. The van der Waals surface area contributed by atoms with Crippen LogP contribution in [0.3, 0.4) is 0 Å². The van der Waals surface area contributed by atoms with Gasteiger partial charge in [-0.15, -0.1) is 0 Å². The summed E-state index contributed by atoms with van der Waals surface area (Å²) in [6.45, 7) is 2.42. The fraction of sp³-hybridized carbons (Fsp3) is 0.462. The number of hydrogen-bond donors (Lipinski definition) is 0. The number of carbonyl (C=O) groups excluding carboxylic acids is 1. The van der Waals surface area contributed by atoms with E-state index in [1.807, 2.05) is 6.92 Å². The van der Waals surface area contributed by atoms with Gasteiger partial charge in [0, 0.05) is 6.42 Å². The first-order valence-electron chi connectivity index (χ1n) is 5.94. The van der Waals surface area contributed by atoms with E-state index < -0.39 is 0 Å². The number of esters is 1. The van der Waals surface area contributed by atoms with Crippen LogP contribution in [0.1, 0.15) is 31.7 Å². The Morgan fingerprint density at radius 3 is 3.06 bits per heavy atom. The van der Waals surface area contributed by atoms with Gasteiger partial charge in [0.05, 0.1) is 5.02 Å².